The average molecular weight is 462 g/mol. The lowest BCUT2D eigenvalue weighted by Gasteiger charge is -2.35. The van der Waals surface area contributed by atoms with Gasteiger partial charge >= 0.3 is 0 Å². The van der Waals surface area contributed by atoms with E-state index in [-0.39, 0.29) is 42.9 Å². The van der Waals surface area contributed by atoms with Gasteiger partial charge in [0.2, 0.25) is 5.91 Å². The van der Waals surface area contributed by atoms with Crippen LogP contribution in [0.3, 0.4) is 0 Å². The minimum absolute atomic E-state index is 0. The highest BCUT2D eigenvalue weighted by atomic mass is 35.5. The number of nitrogens with zero attached hydrogens (tertiary/aromatic N) is 1. The van der Waals surface area contributed by atoms with Crippen molar-refractivity contribution in [3.63, 3.8) is 0 Å². The Morgan fingerprint density at radius 3 is 2.27 bits per heavy atom. The summed E-state index contributed by atoms with van der Waals surface area (Å²) in [6.45, 7) is 9.92. The van der Waals surface area contributed by atoms with E-state index in [1.807, 2.05) is 0 Å². The van der Waals surface area contributed by atoms with E-state index in [0.29, 0.717) is 13.2 Å². The smallest absolute Gasteiger partial charge is 0.228 e. The molecule has 2 aliphatic heterocycles. The number of ether oxygens (including phenoxy) is 2. The molecule has 2 atom stereocenters. The van der Waals surface area contributed by atoms with E-state index in [2.05, 4.69) is 53.6 Å². The molecule has 30 heavy (non-hydrogen) atoms. The molecule has 3 rings (SSSR count). The first-order valence-corrected chi connectivity index (χ1v) is 10.4. The predicted molar refractivity (Wildman–Crippen MR) is 124 cm³/mol. The predicted octanol–water partition coefficient (Wildman–Crippen LogP) is 2.77. The number of halogens is 2. The van der Waals surface area contributed by atoms with Gasteiger partial charge in [0.25, 0.3) is 0 Å². The largest absolute Gasteiger partial charge is 0.384 e. The van der Waals surface area contributed by atoms with Crippen LogP contribution >= 0.6 is 24.8 Å². The number of hydrogen-bond donors (Lipinski definition) is 2. The van der Waals surface area contributed by atoms with Gasteiger partial charge in [-0.1, -0.05) is 24.3 Å². The van der Waals surface area contributed by atoms with Crippen molar-refractivity contribution >= 4 is 30.7 Å². The number of carbonyl (C=O) groups excluding carboxylic acids is 1. The summed E-state index contributed by atoms with van der Waals surface area (Å²) in [6.07, 6.45) is 2.21. The van der Waals surface area contributed by atoms with E-state index < -0.39 is 5.41 Å². The molecule has 2 aliphatic rings. The van der Waals surface area contributed by atoms with Crippen LogP contribution in [0.5, 0.6) is 0 Å². The number of rotatable bonds is 7. The summed E-state index contributed by atoms with van der Waals surface area (Å²) in [7, 11) is 1.67. The number of benzene rings is 1. The van der Waals surface area contributed by atoms with Gasteiger partial charge in [-0.25, -0.2) is 0 Å². The third-order valence-electron chi connectivity index (χ3n) is 5.84. The standard InChI is InChI=1S/C22H35N3O3.2ClH/c1-17-13-25(14-18(2)28-17)15-20-6-4-19(5-7-20)12-24-21(26)22(16-27-3)8-10-23-11-9-22;;/h4-7,17-18,23H,8-16H2,1-3H3,(H,24,26);2*1H. The Kier molecular flexibility index (Phi) is 11.6. The fourth-order valence-electron chi connectivity index (χ4n) is 4.42. The topological polar surface area (TPSA) is 62.8 Å². The van der Waals surface area contributed by atoms with Crippen LogP contribution in [0.25, 0.3) is 0 Å². The number of piperidine rings is 1. The summed E-state index contributed by atoms with van der Waals surface area (Å²) in [4.78, 5) is 15.3. The van der Waals surface area contributed by atoms with E-state index in [0.717, 1.165) is 51.1 Å². The van der Waals surface area contributed by atoms with Gasteiger partial charge in [-0.3, -0.25) is 9.69 Å². The van der Waals surface area contributed by atoms with Crippen LogP contribution in [0.15, 0.2) is 24.3 Å². The van der Waals surface area contributed by atoms with Crippen LogP contribution in [0.2, 0.25) is 0 Å². The molecule has 0 saturated carbocycles. The Morgan fingerprint density at radius 2 is 1.70 bits per heavy atom. The summed E-state index contributed by atoms with van der Waals surface area (Å²) >= 11 is 0. The Hall–Kier alpha value is -0.890. The van der Waals surface area contributed by atoms with E-state index in [9.17, 15) is 4.79 Å². The SMILES string of the molecule is COCC1(C(=O)NCc2ccc(CN3CC(C)OC(C)C3)cc2)CCNCC1.Cl.Cl. The van der Waals surface area contributed by atoms with E-state index in [1.165, 1.54) is 5.56 Å². The molecule has 0 radical (unpaired) electrons. The third kappa shape index (κ3) is 7.36. The van der Waals surface area contributed by atoms with Crippen LogP contribution in [-0.4, -0.2) is 62.9 Å². The lowest BCUT2D eigenvalue weighted by Crippen LogP contribution is -2.49. The maximum absolute atomic E-state index is 12.8. The molecule has 0 aliphatic carbocycles. The monoisotopic (exact) mass is 461 g/mol. The van der Waals surface area contributed by atoms with Gasteiger partial charge in [-0.15, -0.1) is 24.8 Å². The fourth-order valence-corrected chi connectivity index (χ4v) is 4.42. The van der Waals surface area contributed by atoms with Crippen molar-refractivity contribution in [2.24, 2.45) is 5.41 Å². The van der Waals surface area contributed by atoms with Crippen LogP contribution in [0, 0.1) is 5.41 Å². The zero-order valence-corrected chi connectivity index (χ0v) is 19.9. The molecule has 1 aromatic rings. The van der Waals surface area contributed by atoms with Gasteiger partial charge < -0.3 is 20.1 Å². The van der Waals surface area contributed by atoms with E-state index in [1.54, 1.807) is 7.11 Å². The molecule has 172 valence electrons. The molecular weight excluding hydrogens is 425 g/mol. The Bertz CT molecular complexity index is 624. The fraction of sp³-hybridized carbons (Fsp3) is 0.682. The Balaban J connectivity index is 0.00000225. The number of amides is 1. The quantitative estimate of drug-likeness (QED) is 0.653. The third-order valence-corrected chi connectivity index (χ3v) is 5.84. The molecule has 6 nitrogen and oxygen atoms in total. The number of methoxy groups -OCH3 is 1. The van der Waals surface area contributed by atoms with Crippen LogP contribution in [-0.2, 0) is 27.4 Å². The molecule has 2 fully saturated rings. The van der Waals surface area contributed by atoms with Crippen molar-refractivity contribution in [3.05, 3.63) is 35.4 Å². The highest BCUT2D eigenvalue weighted by Crippen LogP contribution is 2.29. The molecule has 0 bridgehead atoms. The normalized spacial score (nSPS) is 23.7. The first kappa shape index (κ1) is 27.1. The second-order valence-electron chi connectivity index (χ2n) is 8.41. The molecule has 8 heteroatoms. The van der Waals surface area contributed by atoms with Crippen molar-refractivity contribution < 1.29 is 14.3 Å². The summed E-state index contributed by atoms with van der Waals surface area (Å²) in [5.41, 5.74) is 2.02. The first-order chi connectivity index (χ1) is 13.5. The van der Waals surface area contributed by atoms with Crippen molar-refractivity contribution in [3.8, 4) is 0 Å². The van der Waals surface area contributed by atoms with Gasteiger partial charge in [0.05, 0.1) is 24.2 Å². The molecule has 2 saturated heterocycles. The second-order valence-corrected chi connectivity index (χ2v) is 8.41. The summed E-state index contributed by atoms with van der Waals surface area (Å²) in [5.74, 6) is 0.108. The maximum Gasteiger partial charge on any atom is 0.228 e. The molecule has 2 unspecified atom stereocenters. The van der Waals surface area contributed by atoms with E-state index >= 15 is 0 Å². The lowest BCUT2D eigenvalue weighted by molar-refractivity contribution is -0.136. The molecule has 0 aromatic heterocycles. The highest BCUT2D eigenvalue weighted by molar-refractivity contribution is 5.85. The summed E-state index contributed by atoms with van der Waals surface area (Å²) < 4.78 is 11.2. The summed E-state index contributed by atoms with van der Waals surface area (Å²) in [5, 5.41) is 6.46. The van der Waals surface area contributed by atoms with E-state index in [4.69, 9.17) is 9.47 Å². The zero-order chi connectivity index (χ0) is 20.0. The molecule has 1 aromatic carbocycles. The maximum atomic E-state index is 12.8. The average Bonchev–Trinajstić information content (AvgIpc) is 2.67. The van der Waals surface area contributed by atoms with Gasteiger partial charge in [-0.2, -0.15) is 0 Å². The Labute approximate surface area is 193 Å². The number of hydrogen-bond acceptors (Lipinski definition) is 5. The summed E-state index contributed by atoms with van der Waals surface area (Å²) in [6, 6.07) is 8.58. The van der Waals surface area contributed by atoms with Gasteiger partial charge in [0.15, 0.2) is 0 Å². The number of nitrogens with one attached hydrogen (secondary N) is 2. The molecule has 0 spiro atoms. The van der Waals surface area contributed by atoms with Crippen molar-refractivity contribution in [2.75, 3.05) is 39.9 Å². The van der Waals surface area contributed by atoms with Gasteiger partial charge in [0.1, 0.15) is 0 Å². The highest BCUT2D eigenvalue weighted by Gasteiger charge is 2.39. The number of carbonyl (C=O) groups is 1. The Morgan fingerprint density at radius 1 is 1.13 bits per heavy atom. The molecule has 2 heterocycles. The molecular formula is C22H37Cl2N3O3. The minimum atomic E-state index is -0.399. The zero-order valence-electron chi connectivity index (χ0n) is 18.3. The van der Waals surface area contributed by atoms with Crippen molar-refractivity contribution in [2.45, 2.75) is 52.0 Å². The molecule has 2 N–H and O–H groups in total. The van der Waals surface area contributed by atoms with Crippen molar-refractivity contribution in [1.29, 1.82) is 0 Å². The first-order valence-electron chi connectivity index (χ1n) is 10.4. The van der Waals surface area contributed by atoms with Crippen LogP contribution in [0.1, 0.15) is 37.8 Å². The number of morpholine rings is 1. The van der Waals surface area contributed by atoms with Crippen molar-refractivity contribution in [1.82, 2.24) is 15.5 Å². The molecule has 1 amide bonds. The van der Waals surface area contributed by atoms with Crippen LogP contribution in [0.4, 0.5) is 0 Å². The van der Waals surface area contributed by atoms with Gasteiger partial charge in [0, 0.05) is 33.3 Å². The lowest BCUT2D eigenvalue weighted by atomic mass is 9.78. The minimum Gasteiger partial charge on any atom is -0.384 e. The second kappa shape index (κ2) is 12.8. The van der Waals surface area contributed by atoms with Crippen LogP contribution < -0.4 is 10.6 Å². The van der Waals surface area contributed by atoms with Gasteiger partial charge in [-0.05, 0) is 50.9 Å².